The summed E-state index contributed by atoms with van der Waals surface area (Å²) in [5.74, 6) is 0.103. The molecule has 0 spiro atoms. The molecule has 0 aliphatic carbocycles. The van der Waals surface area contributed by atoms with Gasteiger partial charge in [-0.15, -0.1) is 0 Å². The molecule has 0 saturated carbocycles. The van der Waals surface area contributed by atoms with Crippen molar-refractivity contribution >= 4 is 0 Å². The quantitative estimate of drug-likeness (QED) is 0.212. The molecule has 7 N–H and O–H groups in total. The molecule has 2 aromatic rings. The largest absolute Gasteiger partial charge is 0.504 e. The highest BCUT2D eigenvalue weighted by Gasteiger charge is 2.51. The summed E-state index contributed by atoms with van der Waals surface area (Å²) in [6.07, 6.45) is -7.73. The zero-order chi connectivity index (χ0) is 27.6. The minimum absolute atomic E-state index is 0.0588. The van der Waals surface area contributed by atoms with Crippen LogP contribution in [0.4, 0.5) is 0 Å². The molecule has 2 fully saturated rings. The number of hydrogen-bond donors (Lipinski definition) is 7. The Morgan fingerprint density at radius 2 is 1.66 bits per heavy atom. The molecule has 2 aromatic carbocycles. The SMILES string of the molecule is COc1cc([C@H]2OC[C@H](Cc3ccc(O[C@H]4O[C@@H](CO)[C@H](O)[C@@H](O)[C@@H]4O)c(OC)c3)[C@]2(O)CO)ccc1O. The van der Waals surface area contributed by atoms with Crippen LogP contribution >= 0.6 is 0 Å². The van der Waals surface area contributed by atoms with Crippen LogP contribution in [-0.4, -0.2) is 106 Å². The zero-order valence-corrected chi connectivity index (χ0v) is 21.0. The molecule has 12 heteroatoms. The first-order valence-electron chi connectivity index (χ1n) is 12.1. The third-order valence-corrected chi connectivity index (χ3v) is 7.19. The first kappa shape index (κ1) is 28.3. The molecule has 8 atom stereocenters. The van der Waals surface area contributed by atoms with Crippen molar-refractivity contribution in [1.29, 1.82) is 0 Å². The minimum atomic E-state index is -1.62. The highest BCUT2D eigenvalue weighted by atomic mass is 16.7. The van der Waals surface area contributed by atoms with Gasteiger partial charge < -0.3 is 59.4 Å². The smallest absolute Gasteiger partial charge is 0.229 e. The number of rotatable bonds is 9. The lowest BCUT2D eigenvalue weighted by molar-refractivity contribution is -0.277. The van der Waals surface area contributed by atoms with Crippen LogP contribution in [0.15, 0.2) is 36.4 Å². The van der Waals surface area contributed by atoms with Crippen molar-refractivity contribution in [2.24, 2.45) is 5.92 Å². The summed E-state index contributed by atoms with van der Waals surface area (Å²) in [4.78, 5) is 0. The number of phenolic OH excluding ortho intramolecular Hbond substituents is 1. The summed E-state index contributed by atoms with van der Waals surface area (Å²) >= 11 is 0. The van der Waals surface area contributed by atoms with Gasteiger partial charge in [0, 0.05) is 5.92 Å². The monoisotopic (exact) mass is 538 g/mol. The first-order valence-corrected chi connectivity index (χ1v) is 12.1. The van der Waals surface area contributed by atoms with Crippen molar-refractivity contribution in [3.05, 3.63) is 47.5 Å². The Morgan fingerprint density at radius 3 is 2.32 bits per heavy atom. The van der Waals surface area contributed by atoms with Gasteiger partial charge in [0.25, 0.3) is 0 Å². The summed E-state index contributed by atoms with van der Waals surface area (Å²) in [6.45, 7) is -1.01. The van der Waals surface area contributed by atoms with E-state index in [1.54, 1.807) is 30.3 Å². The fourth-order valence-electron chi connectivity index (χ4n) is 4.92. The van der Waals surface area contributed by atoms with Crippen LogP contribution in [0.5, 0.6) is 23.0 Å². The van der Waals surface area contributed by atoms with Gasteiger partial charge in [-0.25, -0.2) is 0 Å². The van der Waals surface area contributed by atoms with Gasteiger partial charge in [-0.1, -0.05) is 12.1 Å². The number of ether oxygens (including phenoxy) is 5. The Kier molecular flexibility index (Phi) is 8.65. The topological polar surface area (TPSA) is 188 Å². The molecule has 4 rings (SSSR count). The number of aromatic hydroxyl groups is 1. The number of aliphatic hydroxyl groups excluding tert-OH is 5. The summed E-state index contributed by atoms with van der Waals surface area (Å²) in [6, 6.07) is 9.51. The van der Waals surface area contributed by atoms with Crippen molar-refractivity contribution < 1.29 is 59.4 Å². The maximum atomic E-state index is 11.4. The molecule has 38 heavy (non-hydrogen) atoms. The predicted molar refractivity (Wildman–Crippen MR) is 130 cm³/mol. The Balaban J connectivity index is 1.51. The Hall–Kier alpha value is -2.68. The van der Waals surface area contributed by atoms with E-state index in [-0.39, 0.29) is 29.6 Å². The van der Waals surface area contributed by atoms with Crippen LogP contribution in [0.1, 0.15) is 17.2 Å². The number of hydrogen-bond acceptors (Lipinski definition) is 12. The summed E-state index contributed by atoms with van der Waals surface area (Å²) in [5.41, 5.74) is -0.354. The molecule has 2 aliphatic rings. The van der Waals surface area contributed by atoms with E-state index in [4.69, 9.17) is 23.7 Å². The third-order valence-electron chi connectivity index (χ3n) is 7.19. The molecule has 12 nitrogen and oxygen atoms in total. The molecular weight excluding hydrogens is 504 g/mol. The van der Waals surface area contributed by atoms with E-state index in [1.165, 1.54) is 20.3 Å². The van der Waals surface area contributed by atoms with E-state index in [0.717, 1.165) is 5.56 Å². The van der Waals surface area contributed by atoms with Crippen LogP contribution in [0.2, 0.25) is 0 Å². The van der Waals surface area contributed by atoms with E-state index < -0.39 is 61.5 Å². The van der Waals surface area contributed by atoms with Crippen LogP contribution in [0.3, 0.4) is 0 Å². The second kappa shape index (κ2) is 11.6. The average Bonchev–Trinajstić information content (AvgIpc) is 3.25. The summed E-state index contributed by atoms with van der Waals surface area (Å²) in [7, 11) is 2.82. The number of aliphatic hydroxyl groups is 6. The van der Waals surface area contributed by atoms with Crippen molar-refractivity contribution in [3.63, 3.8) is 0 Å². The van der Waals surface area contributed by atoms with Gasteiger partial charge >= 0.3 is 0 Å². The first-order chi connectivity index (χ1) is 18.2. The molecule has 210 valence electrons. The second-order valence-corrected chi connectivity index (χ2v) is 9.50. The van der Waals surface area contributed by atoms with Crippen molar-refractivity contribution in [2.45, 2.75) is 48.8 Å². The van der Waals surface area contributed by atoms with Crippen LogP contribution in [-0.2, 0) is 15.9 Å². The lowest BCUT2D eigenvalue weighted by Gasteiger charge is -2.39. The molecule has 0 unspecified atom stereocenters. The van der Waals surface area contributed by atoms with Gasteiger partial charge in [-0.2, -0.15) is 0 Å². The van der Waals surface area contributed by atoms with Crippen molar-refractivity contribution in [2.75, 3.05) is 34.0 Å². The lowest BCUT2D eigenvalue weighted by atomic mass is 9.80. The predicted octanol–water partition coefficient (Wildman–Crippen LogP) is -0.758. The third kappa shape index (κ3) is 5.26. The molecule has 2 aliphatic heterocycles. The molecule has 2 saturated heterocycles. The highest BCUT2D eigenvalue weighted by Crippen LogP contribution is 2.45. The van der Waals surface area contributed by atoms with Gasteiger partial charge in [0.15, 0.2) is 23.0 Å². The van der Waals surface area contributed by atoms with Crippen LogP contribution < -0.4 is 14.2 Å². The van der Waals surface area contributed by atoms with Gasteiger partial charge in [0.2, 0.25) is 6.29 Å². The highest BCUT2D eigenvalue weighted by molar-refractivity contribution is 5.45. The van der Waals surface area contributed by atoms with Gasteiger partial charge in [0.05, 0.1) is 34.0 Å². The fourth-order valence-corrected chi connectivity index (χ4v) is 4.92. The minimum Gasteiger partial charge on any atom is -0.504 e. The Morgan fingerprint density at radius 1 is 0.921 bits per heavy atom. The summed E-state index contributed by atoms with van der Waals surface area (Å²) < 4.78 is 27.6. The van der Waals surface area contributed by atoms with Gasteiger partial charge in [-0.05, 0) is 41.8 Å². The Labute approximate surface area is 219 Å². The lowest BCUT2D eigenvalue weighted by Crippen LogP contribution is -2.60. The number of methoxy groups -OCH3 is 2. The number of phenols is 1. The standard InChI is InChI=1S/C26H34O12/c1-34-18-9-14(4-5-16(18)29)24-26(33,12-28)15(11-36-24)7-13-3-6-17(19(8-13)35-2)37-25-23(32)22(31)21(30)20(10-27)38-25/h3-6,8-9,15,20-25,27-33H,7,10-12H2,1-2H3/t15-,20-,21-,22+,23-,24+,25-,26+/m0/s1. The number of benzene rings is 2. The van der Waals surface area contributed by atoms with Crippen LogP contribution in [0, 0.1) is 5.92 Å². The molecule has 2 heterocycles. The maximum Gasteiger partial charge on any atom is 0.229 e. The summed E-state index contributed by atoms with van der Waals surface area (Å²) in [5, 5.41) is 71.2. The second-order valence-electron chi connectivity index (χ2n) is 9.50. The van der Waals surface area contributed by atoms with E-state index >= 15 is 0 Å². The molecule has 0 amide bonds. The van der Waals surface area contributed by atoms with E-state index in [1.807, 2.05) is 0 Å². The van der Waals surface area contributed by atoms with Gasteiger partial charge in [0.1, 0.15) is 36.1 Å². The van der Waals surface area contributed by atoms with Crippen molar-refractivity contribution in [3.8, 4) is 23.0 Å². The fraction of sp³-hybridized carbons (Fsp3) is 0.538. The average molecular weight is 539 g/mol. The molecular formula is C26H34O12. The van der Waals surface area contributed by atoms with E-state index in [0.29, 0.717) is 12.0 Å². The normalized spacial score (nSPS) is 33.2. The Bertz CT molecular complexity index is 1090. The van der Waals surface area contributed by atoms with E-state index in [2.05, 4.69) is 0 Å². The van der Waals surface area contributed by atoms with E-state index in [9.17, 15) is 35.7 Å². The van der Waals surface area contributed by atoms with Crippen molar-refractivity contribution in [1.82, 2.24) is 0 Å². The van der Waals surface area contributed by atoms with Gasteiger partial charge in [-0.3, -0.25) is 0 Å². The maximum absolute atomic E-state index is 11.4. The molecule has 0 aromatic heterocycles. The molecule has 0 radical (unpaired) electrons. The zero-order valence-electron chi connectivity index (χ0n) is 21.0. The van der Waals surface area contributed by atoms with Crippen LogP contribution in [0.25, 0.3) is 0 Å². The molecule has 0 bridgehead atoms.